The summed E-state index contributed by atoms with van der Waals surface area (Å²) < 4.78 is 5.48. The van der Waals surface area contributed by atoms with Gasteiger partial charge in [0.2, 0.25) is 0 Å². The summed E-state index contributed by atoms with van der Waals surface area (Å²) in [4.78, 5) is 10.2. The molecule has 0 saturated carbocycles. The van der Waals surface area contributed by atoms with E-state index in [0.29, 0.717) is 46.2 Å². The average molecular weight is 400 g/mol. The van der Waals surface area contributed by atoms with E-state index < -0.39 is 4.92 Å². The molecule has 0 atom stereocenters. The lowest BCUT2D eigenvalue weighted by atomic mass is 10.3. The van der Waals surface area contributed by atoms with E-state index in [1.54, 1.807) is 30.3 Å². The number of nitrogens with zero attached hydrogens (tertiary/aromatic N) is 1. The van der Waals surface area contributed by atoms with Crippen LogP contribution in [0.4, 0.5) is 11.4 Å². The fourth-order valence-electron chi connectivity index (χ4n) is 1.93. The van der Waals surface area contributed by atoms with E-state index >= 15 is 0 Å². The maximum absolute atomic E-state index is 10.7. The van der Waals surface area contributed by atoms with Gasteiger partial charge in [-0.15, -0.1) is 0 Å². The van der Waals surface area contributed by atoms with Gasteiger partial charge in [-0.2, -0.15) is 0 Å². The second kappa shape index (κ2) is 9.41. The van der Waals surface area contributed by atoms with Crippen molar-refractivity contribution in [1.82, 2.24) is 5.32 Å². The van der Waals surface area contributed by atoms with Crippen molar-refractivity contribution in [3.05, 3.63) is 62.6 Å². The maximum atomic E-state index is 10.7. The molecule has 0 unspecified atom stereocenters. The Hall–Kier alpha value is -2.09. The molecule has 0 aliphatic heterocycles. The number of non-ortho nitro benzene ring substituents is 1. The lowest BCUT2D eigenvalue weighted by Crippen LogP contribution is -2.30. The molecule has 132 valence electrons. The first kappa shape index (κ1) is 19.2. The van der Waals surface area contributed by atoms with E-state index in [0.717, 1.165) is 0 Å². The Morgan fingerprint density at radius 2 is 1.88 bits per heavy atom. The number of benzene rings is 2. The summed E-state index contributed by atoms with van der Waals surface area (Å²) in [6, 6.07) is 11.2. The molecule has 0 saturated heterocycles. The summed E-state index contributed by atoms with van der Waals surface area (Å²) in [5.41, 5.74) is 0.550. The molecule has 0 aliphatic carbocycles. The molecule has 0 fully saturated rings. The number of rotatable bonds is 7. The molecule has 2 rings (SSSR count). The second-order valence-electron chi connectivity index (χ2n) is 4.93. The van der Waals surface area contributed by atoms with Crippen molar-refractivity contribution < 1.29 is 9.66 Å². The molecule has 2 aromatic rings. The molecule has 9 heteroatoms. The molecule has 0 amide bonds. The number of para-hydroxylation sites is 1. The highest BCUT2D eigenvalue weighted by atomic mass is 35.5. The molecule has 0 aromatic heterocycles. The van der Waals surface area contributed by atoms with Crippen LogP contribution in [-0.4, -0.2) is 23.2 Å². The van der Waals surface area contributed by atoms with Crippen molar-refractivity contribution in [3.8, 4) is 5.75 Å². The number of halogens is 2. The Kier molecular flexibility index (Phi) is 7.24. The minimum atomic E-state index is -0.460. The van der Waals surface area contributed by atoms with Crippen LogP contribution in [0.25, 0.3) is 0 Å². The number of nitro groups is 1. The van der Waals surface area contributed by atoms with Gasteiger partial charge in [0.1, 0.15) is 5.75 Å². The molecule has 6 nitrogen and oxygen atoms in total. The van der Waals surface area contributed by atoms with Crippen LogP contribution in [0.5, 0.6) is 5.75 Å². The minimum Gasteiger partial charge on any atom is -0.493 e. The Morgan fingerprint density at radius 1 is 1.20 bits per heavy atom. The van der Waals surface area contributed by atoms with Crippen molar-refractivity contribution in [3.63, 3.8) is 0 Å². The third-order valence-electron chi connectivity index (χ3n) is 3.11. The van der Waals surface area contributed by atoms with Gasteiger partial charge >= 0.3 is 0 Å². The molecule has 0 radical (unpaired) electrons. The minimum absolute atomic E-state index is 0.00220. The summed E-state index contributed by atoms with van der Waals surface area (Å²) in [7, 11) is 0. The predicted molar refractivity (Wildman–Crippen MR) is 104 cm³/mol. The Labute approximate surface area is 160 Å². The molecule has 2 aromatic carbocycles. The zero-order valence-corrected chi connectivity index (χ0v) is 15.3. The molecular formula is C16H15Cl2N3O3S. The Morgan fingerprint density at radius 3 is 2.56 bits per heavy atom. The number of nitrogens with one attached hydrogen (secondary N) is 2. The summed E-state index contributed by atoms with van der Waals surface area (Å²) in [6.45, 7) is 0.951. The van der Waals surface area contributed by atoms with Gasteiger partial charge in [0, 0.05) is 12.6 Å². The third-order valence-corrected chi connectivity index (χ3v) is 3.98. The third kappa shape index (κ3) is 6.04. The van der Waals surface area contributed by atoms with Crippen LogP contribution in [0.15, 0.2) is 42.5 Å². The SMILES string of the molecule is O=[N+]([O-])c1cccc(OCCCNC(=S)Nc2c(Cl)cccc2Cl)c1. The smallest absolute Gasteiger partial charge is 0.273 e. The number of hydrogen-bond donors (Lipinski definition) is 2. The molecule has 0 heterocycles. The first-order chi connectivity index (χ1) is 12.0. The molecule has 0 bridgehead atoms. The number of hydrogen-bond acceptors (Lipinski definition) is 4. The van der Waals surface area contributed by atoms with E-state index in [1.807, 2.05) is 0 Å². The molecule has 25 heavy (non-hydrogen) atoms. The largest absolute Gasteiger partial charge is 0.493 e. The van der Waals surface area contributed by atoms with Crippen LogP contribution in [0.2, 0.25) is 10.0 Å². The van der Waals surface area contributed by atoms with E-state index in [-0.39, 0.29) is 5.69 Å². The first-order valence-electron chi connectivity index (χ1n) is 7.33. The monoisotopic (exact) mass is 399 g/mol. The van der Waals surface area contributed by atoms with Crippen LogP contribution < -0.4 is 15.4 Å². The number of nitro benzene ring substituents is 1. The predicted octanol–water partition coefficient (Wildman–Crippen LogP) is 4.66. The normalized spacial score (nSPS) is 10.2. The number of anilines is 1. The van der Waals surface area contributed by atoms with E-state index in [9.17, 15) is 10.1 Å². The van der Waals surface area contributed by atoms with Gasteiger partial charge < -0.3 is 15.4 Å². The van der Waals surface area contributed by atoms with Gasteiger partial charge in [0.25, 0.3) is 5.69 Å². The van der Waals surface area contributed by atoms with Gasteiger partial charge in [-0.3, -0.25) is 10.1 Å². The van der Waals surface area contributed by atoms with Crippen molar-refractivity contribution >= 4 is 51.9 Å². The highest BCUT2D eigenvalue weighted by Gasteiger charge is 2.07. The van der Waals surface area contributed by atoms with Gasteiger partial charge in [0.15, 0.2) is 5.11 Å². The van der Waals surface area contributed by atoms with Crippen LogP contribution in [0.3, 0.4) is 0 Å². The van der Waals surface area contributed by atoms with Gasteiger partial charge in [-0.25, -0.2) is 0 Å². The summed E-state index contributed by atoms with van der Waals surface area (Å²) >= 11 is 17.3. The Balaban J connectivity index is 1.72. The fraction of sp³-hybridized carbons (Fsp3) is 0.188. The highest BCUT2D eigenvalue weighted by Crippen LogP contribution is 2.29. The van der Waals surface area contributed by atoms with Crippen LogP contribution in [-0.2, 0) is 0 Å². The molecule has 0 spiro atoms. The van der Waals surface area contributed by atoms with Crippen LogP contribution in [0.1, 0.15) is 6.42 Å². The van der Waals surface area contributed by atoms with Crippen molar-refractivity contribution in [1.29, 1.82) is 0 Å². The molecule has 0 aliphatic rings. The van der Waals surface area contributed by atoms with Crippen LogP contribution in [0, 0.1) is 10.1 Å². The van der Waals surface area contributed by atoms with Crippen molar-refractivity contribution in [2.45, 2.75) is 6.42 Å². The standard InChI is InChI=1S/C16H15Cl2N3O3S/c17-13-6-2-7-14(18)15(13)20-16(25)19-8-3-9-24-12-5-1-4-11(10-12)21(22)23/h1-2,4-7,10H,3,8-9H2,(H2,19,20,25). The van der Waals surface area contributed by atoms with Crippen molar-refractivity contribution in [2.75, 3.05) is 18.5 Å². The van der Waals surface area contributed by atoms with Gasteiger partial charge in [-0.05, 0) is 36.8 Å². The maximum Gasteiger partial charge on any atom is 0.273 e. The van der Waals surface area contributed by atoms with E-state index in [2.05, 4.69) is 10.6 Å². The second-order valence-corrected chi connectivity index (χ2v) is 6.16. The Bertz CT molecular complexity index is 754. The number of ether oxygens (including phenoxy) is 1. The van der Waals surface area contributed by atoms with Crippen molar-refractivity contribution in [2.24, 2.45) is 0 Å². The lowest BCUT2D eigenvalue weighted by Gasteiger charge is -2.13. The van der Waals surface area contributed by atoms with E-state index in [1.165, 1.54) is 12.1 Å². The topological polar surface area (TPSA) is 76.4 Å². The van der Waals surface area contributed by atoms with Gasteiger partial charge in [-0.1, -0.05) is 35.3 Å². The number of thiocarbonyl (C=S) groups is 1. The first-order valence-corrected chi connectivity index (χ1v) is 8.50. The van der Waals surface area contributed by atoms with E-state index in [4.69, 9.17) is 40.2 Å². The lowest BCUT2D eigenvalue weighted by molar-refractivity contribution is -0.384. The highest BCUT2D eigenvalue weighted by molar-refractivity contribution is 7.80. The summed E-state index contributed by atoms with van der Waals surface area (Å²) in [6.07, 6.45) is 0.654. The zero-order valence-electron chi connectivity index (χ0n) is 13.0. The van der Waals surface area contributed by atoms with Gasteiger partial charge in [0.05, 0.1) is 33.3 Å². The average Bonchev–Trinajstić information content (AvgIpc) is 2.58. The summed E-state index contributed by atoms with van der Waals surface area (Å²) in [5.74, 6) is 0.456. The quantitative estimate of drug-likeness (QED) is 0.305. The molecular weight excluding hydrogens is 385 g/mol. The fourth-order valence-corrected chi connectivity index (χ4v) is 2.62. The zero-order chi connectivity index (χ0) is 18.2. The van der Waals surface area contributed by atoms with Crippen LogP contribution >= 0.6 is 35.4 Å². The molecule has 2 N–H and O–H groups in total. The summed E-state index contributed by atoms with van der Waals surface area (Å²) in [5, 5.41) is 18.0.